The molecule has 4 aromatic rings. The maximum Gasteiger partial charge on any atom is 0.249 e. The average molecular weight is 345 g/mol. The molecule has 0 radical (unpaired) electrons. The molecular weight excluding hydrogens is 330 g/mol. The van der Waals surface area contributed by atoms with Crippen molar-refractivity contribution < 1.29 is 4.79 Å². The molecule has 0 bridgehead atoms. The summed E-state index contributed by atoms with van der Waals surface area (Å²) in [5, 5.41) is 13.6. The van der Waals surface area contributed by atoms with Gasteiger partial charge in [0.1, 0.15) is 5.69 Å². The molecule has 0 aliphatic carbocycles. The molecule has 1 aromatic carbocycles. The van der Waals surface area contributed by atoms with Crippen LogP contribution < -0.4 is 5.32 Å². The van der Waals surface area contributed by atoms with Crippen LogP contribution in [0.2, 0.25) is 0 Å². The van der Waals surface area contributed by atoms with Gasteiger partial charge in [0.15, 0.2) is 5.82 Å². The highest BCUT2D eigenvalue weighted by Crippen LogP contribution is 2.13. The highest BCUT2D eigenvalue weighted by molar-refractivity contribution is 5.90. The minimum Gasteiger partial charge on any atom is -0.293 e. The van der Waals surface area contributed by atoms with Crippen LogP contribution in [-0.2, 0) is 11.2 Å². The summed E-state index contributed by atoms with van der Waals surface area (Å²) in [5.41, 5.74) is 2.49. The topological polar surface area (TPSA) is 101 Å². The SMILES string of the molecule is O=C(Cc1ccc(-n2cccn2)cc1)Nc1n[nH]c(-c2ccccn2)n1. The van der Waals surface area contributed by atoms with E-state index in [1.54, 1.807) is 17.1 Å². The molecule has 0 unspecified atom stereocenters. The molecule has 0 atom stereocenters. The van der Waals surface area contributed by atoms with Crippen LogP contribution >= 0.6 is 0 Å². The van der Waals surface area contributed by atoms with E-state index in [9.17, 15) is 4.79 Å². The smallest absolute Gasteiger partial charge is 0.249 e. The molecule has 0 spiro atoms. The van der Waals surface area contributed by atoms with Crippen LogP contribution in [0, 0.1) is 0 Å². The second kappa shape index (κ2) is 6.98. The summed E-state index contributed by atoms with van der Waals surface area (Å²) in [6, 6.07) is 15.0. The van der Waals surface area contributed by atoms with Gasteiger partial charge in [-0.25, -0.2) is 4.68 Å². The van der Waals surface area contributed by atoms with Gasteiger partial charge in [0, 0.05) is 18.6 Å². The van der Waals surface area contributed by atoms with Crippen LogP contribution in [0.4, 0.5) is 5.95 Å². The predicted octanol–water partition coefficient (Wildman–Crippen LogP) is 2.23. The Kier molecular flexibility index (Phi) is 4.21. The fourth-order valence-corrected chi connectivity index (χ4v) is 2.48. The van der Waals surface area contributed by atoms with Crippen molar-refractivity contribution in [1.82, 2.24) is 29.9 Å². The molecule has 3 aromatic heterocycles. The zero-order valence-electron chi connectivity index (χ0n) is 13.7. The third-order valence-corrected chi connectivity index (χ3v) is 3.71. The Bertz CT molecular complexity index is 992. The van der Waals surface area contributed by atoms with E-state index in [2.05, 4.69) is 30.6 Å². The van der Waals surface area contributed by atoms with Crippen molar-refractivity contribution in [3.63, 3.8) is 0 Å². The first-order chi connectivity index (χ1) is 12.8. The maximum atomic E-state index is 12.2. The second-order valence-corrected chi connectivity index (χ2v) is 5.56. The first-order valence-corrected chi connectivity index (χ1v) is 8.00. The van der Waals surface area contributed by atoms with Crippen molar-refractivity contribution in [3.05, 3.63) is 72.7 Å². The van der Waals surface area contributed by atoms with Crippen molar-refractivity contribution in [2.45, 2.75) is 6.42 Å². The van der Waals surface area contributed by atoms with Crippen LogP contribution in [0.25, 0.3) is 17.2 Å². The number of hydrogen-bond donors (Lipinski definition) is 2. The van der Waals surface area contributed by atoms with E-state index in [0.29, 0.717) is 11.5 Å². The van der Waals surface area contributed by atoms with Crippen molar-refractivity contribution >= 4 is 11.9 Å². The van der Waals surface area contributed by atoms with Gasteiger partial charge in [-0.1, -0.05) is 18.2 Å². The van der Waals surface area contributed by atoms with E-state index in [1.165, 1.54) is 0 Å². The van der Waals surface area contributed by atoms with Gasteiger partial charge in [-0.2, -0.15) is 10.1 Å². The Hall–Kier alpha value is -3.81. The van der Waals surface area contributed by atoms with Gasteiger partial charge >= 0.3 is 0 Å². The number of anilines is 1. The van der Waals surface area contributed by atoms with Crippen LogP contribution in [-0.4, -0.2) is 35.9 Å². The zero-order valence-corrected chi connectivity index (χ0v) is 13.7. The van der Waals surface area contributed by atoms with E-state index < -0.39 is 0 Å². The van der Waals surface area contributed by atoms with Crippen molar-refractivity contribution in [3.8, 4) is 17.2 Å². The second-order valence-electron chi connectivity index (χ2n) is 5.56. The third kappa shape index (κ3) is 3.48. The van der Waals surface area contributed by atoms with E-state index >= 15 is 0 Å². The summed E-state index contributed by atoms with van der Waals surface area (Å²) < 4.78 is 1.76. The maximum absolute atomic E-state index is 12.2. The molecule has 128 valence electrons. The Labute approximate surface area is 148 Å². The zero-order chi connectivity index (χ0) is 17.8. The van der Waals surface area contributed by atoms with E-state index in [0.717, 1.165) is 11.3 Å². The number of amides is 1. The van der Waals surface area contributed by atoms with Crippen LogP contribution in [0.1, 0.15) is 5.56 Å². The Morgan fingerprint density at radius 3 is 2.69 bits per heavy atom. The Morgan fingerprint density at radius 1 is 1.08 bits per heavy atom. The summed E-state index contributed by atoms with van der Waals surface area (Å²) in [4.78, 5) is 20.6. The summed E-state index contributed by atoms with van der Waals surface area (Å²) in [6.07, 6.45) is 5.48. The largest absolute Gasteiger partial charge is 0.293 e. The standard InChI is InChI=1S/C18H15N7O/c26-16(12-13-5-7-14(8-6-13)25-11-3-10-20-25)21-18-22-17(23-24-18)15-4-1-2-9-19-15/h1-11H,12H2,(H2,21,22,23,24,26). The molecule has 3 heterocycles. The Balaban J connectivity index is 1.39. The van der Waals surface area contributed by atoms with Gasteiger partial charge in [-0.3, -0.25) is 20.2 Å². The number of nitrogens with one attached hydrogen (secondary N) is 2. The minimum absolute atomic E-state index is 0.191. The van der Waals surface area contributed by atoms with Gasteiger partial charge in [0.25, 0.3) is 0 Å². The van der Waals surface area contributed by atoms with Crippen molar-refractivity contribution in [1.29, 1.82) is 0 Å². The summed E-state index contributed by atoms with van der Waals surface area (Å²) in [7, 11) is 0. The first kappa shape index (κ1) is 15.7. The number of carbonyl (C=O) groups excluding carboxylic acids is 1. The highest BCUT2D eigenvalue weighted by Gasteiger charge is 2.10. The number of rotatable bonds is 5. The molecule has 0 fully saturated rings. The molecule has 0 aliphatic heterocycles. The lowest BCUT2D eigenvalue weighted by Crippen LogP contribution is -2.15. The number of hydrogen-bond acceptors (Lipinski definition) is 5. The summed E-state index contributed by atoms with van der Waals surface area (Å²) >= 11 is 0. The molecule has 1 amide bonds. The normalized spacial score (nSPS) is 10.6. The van der Waals surface area contributed by atoms with Gasteiger partial charge in [-0.15, -0.1) is 5.10 Å². The van der Waals surface area contributed by atoms with E-state index in [4.69, 9.17) is 0 Å². The predicted molar refractivity (Wildman–Crippen MR) is 95.5 cm³/mol. The van der Waals surface area contributed by atoms with Gasteiger partial charge in [-0.05, 0) is 35.9 Å². The number of carbonyl (C=O) groups is 1. The third-order valence-electron chi connectivity index (χ3n) is 3.71. The molecule has 4 rings (SSSR count). The first-order valence-electron chi connectivity index (χ1n) is 8.00. The number of aromatic amines is 1. The summed E-state index contributed by atoms with van der Waals surface area (Å²) in [6.45, 7) is 0. The highest BCUT2D eigenvalue weighted by atomic mass is 16.1. The number of pyridine rings is 1. The number of benzene rings is 1. The summed E-state index contributed by atoms with van der Waals surface area (Å²) in [5.74, 6) is 0.539. The molecule has 8 heteroatoms. The Morgan fingerprint density at radius 2 is 1.96 bits per heavy atom. The van der Waals surface area contributed by atoms with Crippen molar-refractivity contribution in [2.24, 2.45) is 0 Å². The number of aromatic nitrogens is 6. The molecule has 0 saturated heterocycles. The monoisotopic (exact) mass is 345 g/mol. The fourth-order valence-electron chi connectivity index (χ4n) is 2.48. The molecule has 0 saturated carbocycles. The van der Waals surface area contributed by atoms with Gasteiger partial charge in [0.05, 0.1) is 12.1 Å². The van der Waals surface area contributed by atoms with Crippen LogP contribution in [0.3, 0.4) is 0 Å². The molecule has 0 aliphatic rings. The molecular formula is C18H15N7O. The molecule has 26 heavy (non-hydrogen) atoms. The molecule has 2 N–H and O–H groups in total. The van der Waals surface area contributed by atoms with Crippen LogP contribution in [0.15, 0.2) is 67.1 Å². The fraction of sp³-hybridized carbons (Fsp3) is 0.0556. The quantitative estimate of drug-likeness (QED) is 0.577. The van der Waals surface area contributed by atoms with Crippen LogP contribution in [0.5, 0.6) is 0 Å². The lowest BCUT2D eigenvalue weighted by Gasteiger charge is -2.04. The minimum atomic E-state index is -0.191. The molecule has 8 nitrogen and oxygen atoms in total. The van der Waals surface area contributed by atoms with E-state index in [-0.39, 0.29) is 18.3 Å². The van der Waals surface area contributed by atoms with Gasteiger partial charge in [0.2, 0.25) is 11.9 Å². The number of H-pyrrole nitrogens is 1. The van der Waals surface area contributed by atoms with Crippen molar-refractivity contribution in [2.75, 3.05) is 5.32 Å². The average Bonchev–Trinajstić information content (AvgIpc) is 3.35. The van der Waals surface area contributed by atoms with Gasteiger partial charge < -0.3 is 0 Å². The lowest BCUT2D eigenvalue weighted by molar-refractivity contribution is -0.115. The van der Waals surface area contributed by atoms with E-state index in [1.807, 2.05) is 54.7 Å². The lowest BCUT2D eigenvalue weighted by atomic mass is 10.1. The number of nitrogens with zero attached hydrogens (tertiary/aromatic N) is 5.